The van der Waals surface area contributed by atoms with Crippen molar-refractivity contribution in [2.75, 3.05) is 6.61 Å². The van der Waals surface area contributed by atoms with Crippen LogP contribution >= 0.6 is 15.9 Å². The first-order valence-electron chi connectivity index (χ1n) is 11.0. The van der Waals surface area contributed by atoms with Crippen LogP contribution in [0.1, 0.15) is 51.7 Å². The number of benzene rings is 2. The summed E-state index contributed by atoms with van der Waals surface area (Å²) in [5.41, 5.74) is -2.24. The highest BCUT2D eigenvalue weighted by molar-refractivity contribution is 9.10. The second-order valence-electron chi connectivity index (χ2n) is 8.14. The summed E-state index contributed by atoms with van der Waals surface area (Å²) in [6.07, 6.45) is -3.59. The summed E-state index contributed by atoms with van der Waals surface area (Å²) in [6, 6.07) is 11.1. The van der Waals surface area contributed by atoms with Gasteiger partial charge in [-0.25, -0.2) is 22.0 Å². The van der Waals surface area contributed by atoms with E-state index in [9.17, 15) is 13.2 Å². The van der Waals surface area contributed by atoms with Crippen molar-refractivity contribution in [1.82, 2.24) is 0 Å². The lowest BCUT2D eigenvalue weighted by Crippen LogP contribution is -2.53. The van der Waals surface area contributed by atoms with Crippen molar-refractivity contribution in [3.05, 3.63) is 63.9 Å². The Hall–Kier alpha value is -1.45. The zero-order valence-electron chi connectivity index (χ0n) is 19.2. The predicted molar refractivity (Wildman–Crippen MR) is 126 cm³/mol. The molecule has 184 valence electrons. The molecule has 0 spiro atoms. The number of alkyl halides is 4. The topological polar surface area (TPSA) is 18.5 Å². The van der Waals surface area contributed by atoms with Crippen molar-refractivity contribution < 1.29 is 31.1 Å². The molecule has 0 aliphatic carbocycles. The molecule has 0 radical (unpaired) electrons. The van der Waals surface area contributed by atoms with Crippen molar-refractivity contribution in [2.24, 2.45) is 0 Å². The fourth-order valence-electron chi connectivity index (χ4n) is 3.89. The predicted octanol–water partition coefficient (Wildman–Crippen LogP) is 8.87. The molecule has 2 rings (SSSR count). The van der Waals surface area contributed by atoms with Gasteiger partial charge in [0.05, 0.1) is 12.2 Å². The van der Waals surface area contributed by atoms with Crippen molar-refractivity contribution in [2.45, 2.75) is 70.2 Å². The zero-order valence-corrected chi connectivity index (χ0v) is 21.8. The second-order valence-corrected chi connectivity index (χ2v) is 13.7. The SMILES string of the molecule is CC[Si](CC)(CC)OC(C)(c1ccc(F)cc1)C(F)(F)CCOc1cccc(Br)c1C(F)F. The lowest BCUT2D eigenvalue weighted by molar-refractivity contribution is -0.175. The molecular formula is C24H30BrF5O2Si. The maximum Gasteiger partial charge on any atom is 0.282 e. The lowest BCUT2D eigenvalue weighted by Gasteiger charge is -2.45. The van der Waals surface area contributed by atoms with E-state index in [1.807, 2.05) is 20.8 Å². The minimum absolute atomic E-state index is 0.144. The third-order valence-corrected chi connectivity index (χ3v) is 11.8. The molecule has 1 atom stereocenters. The average Bonchev–Trinajstić information content (AvgIpc) is 2.77. The molecule has 0 bridgehead atoms. The summed E-state index contributed by atoms with van der Waals surface area (Å²) >= 11 is 3.05. The molecule has 0 N–H and O–H groups in total. The van der Waals surface area contributed by atoms with Crippen LogP contribution in [0.5, 0.6) is 5.75 Å². The van der Waals surface area contributed by atoms with Crippen LogP contribution in [0.25, 0.3) is 0 Å². The molecule has 2 nitrogen and oxygen atoms in total. The van der Waals surface area contributed by atoms with E-state index in [1.54, 1.807) is 0 Å². The summed E-state index contributed by atoms with van der Waals surface area (Å²) in [5, 5.41) is 0. The first kappa shape index (κ1) is 27.8. The molecule has 0 saturated carbocycles. The Morgan fingerprint density at radius 3 is 2.06 bits per heavy atom. The molecule has 0 saturated heterocycles. The fourth-order valence-corrected chi connectivity index (χ4v) is 7.48. The number of halogens is 6. The maximum absolute atomic E-state index is 15.8. The summed E-state index contributed by atoms with van der Waals surface area (Å²) in [4.78, 5) is 0. The van der Waals surface area contributed by atoms with Crippen molar-refractivity contribution in [3.63, 3.8) is 0 Å². The van der Waals surface area contributed by atoms with Crippen LogP contribution in [0.4, 0.5) is 22.0 Å². The Morgan fingerprint density at radius 1 is 0.970 bits per heavy atom. The van der Waals surface area contributed by atoms with Gasteiger partial charge in [0.1, 0.15) is 17.2 Å². The normalized spacial score (nSPS) is 14.4. The molecule has 2 aromatic rings. The van der Waals surface area contributed by atoms with E-state index in [0.717, 1.165) is 12.1 Å². The van der Waals surface area contributed by atoms with Gasteiger partial charge in [0.15, 0.2) is 8.32 Å². The minimum atomic E-state index is -3.42. The highest BCUT2D eigenvalue weighted by atomic mass is 79.9. The van der Waals surface area contributed by atoms with E-state index in [-0.39, 0.29) is 21.3 Å². The molecule has 0 heterocycles. The third-order valence-electron chi connectivity index (χ3n) is 6.35. The molecule has 33 heavy (non-hydrogen) atoms. The van der Waals surface area contributed by atoms with Crippen LogP contribution in [0.15, 0.2) is 46.9 Å². The highest BCUT2D eigenvalue weighted by Crippen LogP contribution is 2.47. The number of hydrogen-bond donors (Lipinski definition) is 0. The van der Waals surface area contributed by atoms with Gasteiger partial charge in [-0.3, -0.25) is 0 Å². The van der Waals surface area contributed by atoms with Crippen LogP contribution in [-0.2, 0) is 10.0 Å². The van der Waals surface area contributed by atoms with Gasteiger partial charge in [-0.05, 0) is 54.9 Å². The molecule has 0 aliphatic rings. The summed E-state index contributed by atoms with van der Waals surface area (Å²) in [5.74, 6) is -4.11. The molecule has 9 heteroatoms. The first-order chi connectivity index (χ1) is 15.4. The van der Waals surface area contributed by atoms with Gasteiger partial charge in [0, 0.05) is 10.9 Å². The van der Waals surface area contributed by atoms with Gasteiger partial charge in [-0.15, -0.1) is 0 Å². The van der Waals surface area contributed by atoms with E-state index < -0.39 is 45.1 Å². The third kappa shape index (κ3) is 6.16. The van der Waals surface area contributed by atoms with Crippen LogP contribution in [0.3, 0.4) is 0 Å². The molecular weight excluding hydrogens is 523 g/mol. The highest BCUT2D eigenvalue weighted by Gasteiger charge is 2.55. The summed E-state index contributed by atoms with van der Waals surface area (Å²) in [6.45, 7) is 6.63. The Balaban J connectivity index is 2.36. The molecule has 0 amide bonds. The smallest absolute Gasteiger partial charge is 0.282 e. The largest absolute Gasteiger partial charge is 0.493 e. The van der Waals surface area contributed by atoms with Crippen molar-refractivity contribution in [1.29, 1.82) is 0 Å². The summed E-state index contributed by atoms with van der Waals surface area (Å²) in [7, 11) is -2.51. The molecule has 0 fully saturated rings. The molecule has 2 aromatic carbocycles. The monoisotopic (exact) mass is 552 g/mol. The average molecular weight is 553 g/mol. The van der Waals surface area contributed by atoms with Gasteiger partial charge in [-0.1, -0.05) is 54.9 Å². The first-order valence-corrected chi connectivity index (χ1v) is 14.3. The van der Waals surface area contributed by atoms with Crippen molar-refractivity contribution >= 4 is 24.2 Å². The molecule has 0 aliphatic heterocycles. The molecule has 1 unspecified atom stereocenters. The van der Waals surface area contributed by atoms with Crippen molar-refractivity contribution in [3.8, 4) is 5.75 Å². The Morgan fingerprint density at radius 2 is 1.55 bits per heavy atom. The van der Waals surface area contributed by atoms with Crippen LogP contribution in [-0.4, -0.2) is 20.8 Å². The Kier molecular flexibility index (Phi) is 9.53. The van der Waals surface area contributed by atoms with Crippen LogP contribution < -0.4 is 4.74 Å². The lowest BCUT2D eigenvalue weighted by atomic mass is 9.87. The van der Waals surface area contributed by atoms with Gasteiger partial charge < -0.3 is 9.16 Å². The standard InChI is InChI=1S/C24H30BrF5O2Si/c1-5-33(6-2,7-3)32-23(4,17-11-13-18(26)14-12-17)24(29,30)15-16-31-20-10-8-9-19(25)21(20)22(27)28/h8-14,22H,5-7,15-16H2,1-4H3. The van der Waals surface area contributed by atoms with Crippen LogP contribution in [0.2, 0.25) is 18.1 Å². The van der Waals surface area contributed by atoms with Gasteiger partial charge in [-0.2, -0.15) is 0 Å². The van der Waals surface area contributed by atoms with Gasteiger partial charge in [0.2, 0.25) is 0 Å². The minimum Gasteiger partial charge on any atom is -0.493 e. The number of hydrogen-bond acceptors (Lipinski definition) is 2. The quantitative estimate of drug-likeness (QED) is 0.193. The second kappa shape index (κ2) is 11.3. The number of rotatable bonds is 12. The van der Waals surface area contributed by atoms with Gasteiger partial charge >= 0.3 is 0 Å². The maximum atomic E-state index is 15.8. The van der Waals surface area contributed by atoms with Gasteiger partial charge in [0.25, 0.3) is 12.3 Å². The van der Waals surface area contributed by atoms with E-state index in [0.29, 0.717) is 18.1 Å². The van der Waals surface area contributed by atoms with E-state index in [4.69, 9.17) is 9.16 Å². The number of ether oxygens (including phenoxy) is 1. The Bertz CT molecular complexity index is 898. The van der Waals surface area contributed by atoms with Crippen LogP contribution in [0, 0.1) is 5.82 Å². The molecule has 0 aromatic heterocycles. The van der Waals surface area contributed by atoms with E-state index in [2.05, 4.69) is 15.9 Å². The zero-order chi connectivity index (χ0) is 24.9. The Labute approximate surface area is 201 Å². The summed E-state index contributed by atoms with van der Waals surface area (Å²) < 4.78 is 83.8. The van der Waals surface area contributed by atoms with E-state index in [1.165, 1.54) is 37.3 Å². The van der Waals surface area contributed by atoms with E-state index >= 15 is 8.78 Å². The fraction of sp³-hybridized carbons (Fsp3) is 0.500.